The molecule has 0 saturated carbocycles. The topological polar surface area (TPSA) is 69.7 Å². The number of benzene rings is 1. The maximum Gasteiger partial charge on any atom is 0.410 e. The van der Waals surface area contributed by atoms with Gasteiger partial charge in [0.1, 0.15) is 6.61 Å². The normalized spacial score (nSPS) is 22.4. The third-order valence-electron chi connectivity index (χ3n) is 3.73. The van der Waals surface area contributed by atoms with E-state index in [2.05, 4.69) is 0 Å². The van der Waals surface area contributed by atoms with Crippen LogP contribution < -0.4 is 5.11 Å². The molecule has 0 aromatic heterocycles. The standard InChI is InChI=1S/C15H19NO4/c1-11-13(14(17)18)8-5-9-16(11)15(19)20-10-12-6-3-2-4-7-12/h2-4,6-7,11,13H,5,8-10H2,1H3,(H,17,18)/p-1/t11-,13-/m1/s1. The number of amides is 1. The van der Waals surface area contributed by atoms with Crippen LogP contribution in [0.25, 0.3) is 0 Å². The van der Waals surface area contributed by atoms with Crippen LogP contribution in [0.4, 0.5) is 4.79 Å². The van der Waals surface area contributed by atoms with Crippen molar-refractivity contribution in [1.82, 2.24) is 4.90 Å². The summed E-state index contributed by atoms with van der Waals surface area (Å²) in [5, 5.41) is 11.0. The van der Waals surface area contributed by atoms with Gasteiger partial charge in [-0.2, -0.15) is 0 Å². The molecule has 1 amide bonds. The predicted octanol–water partition coefficient (Wildman–Crippen LogP) is 1.17. The van der Waals surface area contributed by atoms with Crippen molar-refractivity contribution in [3.63, 3.8) is 0 Å². The quantitative estimate of drug-likeness (QED) is 0.831. The van der Waals surface area contributed by atoms with Crippen LogP contribution in [0, 0.1) is 5.92 Å². The van der Waals surface area contributed by atoms with Crippen LogP contribution in [0.15, 0.2) is 30.3 Å². The molecular weight excluding hydrogens is 258 g/mol. The van der Waals surface area contributed by atoms with E-state index in [1.54, 1.807) is 6.92 Å². The molecule has 2 rings (SSSR count). The van der Waals surface area contributed by atoms with Crippen molar-refractivity contribution in [2.75, 3.05) is 6.54 Å². The fraction of sp³-hybridized carbons (Fsp3) is 0.467. The Morgan fingerprint density at radius 2 is 2.05 bits per heavy atom. The van der Waals surface area contributed by atoms with Gasteiger partial charge < -0.3 is 19.5 Å². The lowest BCUT2D eigenvalue weighted by atomic mass is 9.91. The lowest BCUT2D eigenvalue weighted by Crippen LogP contribution is -2.52. The molecule has 0 aliphatic carbocycles. The predicted molar refractivity (Wildman–Crippen MR) is 70.5 cm³/mol. The summed E-state index contributed by atoms with van der Waals surface area (Å²) in [6, 6.07) is 8.99. The van der Waals surface area contributed by atoms with Crippen LogP contribution in [0.5, 0.6) is 0 Å². The third kappa shape index (κ3) is 3.29. The Morgan fingerprint density at radius 1 is 1.35 bits per heavy atom. The minimum absolute atomic E-state index is 0.193. The van der Waals surface area contributed by atoms with Gasteiger partial charge in [-0.15, -0.1) is 0 Å². The second kappa shape index (κ2) is 6.41. The number of piperidine rings is 1. The molecule has 5 heteroatoms. The van der Waals surface area contributed by atoms with Crippen molar-refractivity contribution in [2.24, 2.45) is 5.92 Å². The summed E-state index contributed by atoms with van der Waals surface area (Å²) >= 11 is 0. The van der Waals surface area contributed by atoms with Gasteiger partial charge in [0.25, 0.3) is 0 Å². The molecule has 1 aliphatic rings. The molecule has 1 fully saturated rings. The molecule has 0 N–H and O–H groups in total. The molecule has 0 radical (unpaired) electrons. The van der Waals surface area contributed by atoms with Gasteiger partial charge in [0.2, 0.25) is 0 Å². The largest absolute Gasteiger partial charge is 0.550 e. The first-order valence-electron chi connectivity index (χ1n) is 6.78. The number of likely N-dealkylation sites (tertiary alicyclic amines) is 1. The van der Waals surface area contributed by atoms with E-state index in [-0.39, 0.29) is 6.61 Å². The monoisotopic (exact) mass is 276 g/mol. The number of carbonyl (C=O) groups excluding carboxylic acids is 2. The molecule has 2 atom stereocenters. The lowest BCUT2D eigenvalue weighted by Gasteiger charge is -2.38. The zero-order valence-electron chi connectivity index (χ0n) is 11.5. The van der Waals surface area contributed by atoms with Crippen LogP contribution in [0.2, 0.25) is 0 Å². The number of hydrogen-bond acceptors (Lipinski definition) is 4. The minimum Gasteiger partial charge on any atom is -0.550 e. The van der Waals surface area contributed by atoms with Crippen molar-refractivity contribution >= 4 is 12.1 Å². The van der Waals surface area contributed by atoms with Gasteiger partial charge in [0.15, 0.2) is 0 Å². The smallest absolute Gasteiger partial charge is 0.410 e. The Morgan fingerprint density at radius 3 is 2.70 bits per heavy atom. The van der Waals surface area contributed by atoms with E-state index in [9.17, 15) is 14.7 Å². The summed E-state index contributed by atoms with van der Waals surface area (Å²) in [6.07, 6.45) is 0.738. The summed E-state index contributed by atoms with van der Waals surface area (Å²) in [7, 11) is 0. The van der Waals surface area contributed by atoms with Crippen LogP contribution in [-0.4, -0.2) is 29.5 Å². The fourth-order valence-electron chi connectivity index (χ4n) is 2.52. The van der Waals surface area contributed by atoms with E-state index < -0.39 is 24.0 Å². The van der Waals surface area contributed by atoms with E-state index in [4.69, 9.17) is 4.74 Å². The first-order chi connectivity index (χ1) is 9.59. The van der Waals surface area contributed by atoms with Gasteiger partial charge in [0, 0.05) is 24.5 Å². The second-order valence-corrected chi connectivity index (χ2v) is 5.04. The minimum atomic E-state index is -1.10. The first-order valence-corrected chi connectivity index (χ1v) is 6.78. The van der Waals surface area contributed by atoms with Crippen molar-refractivity contribution in [1.29, 1.82) is 0 Å². The number of hydrogen-bond donors (Lipinski definition) is 0. The third-order valence-corrected chi connectivity index (χ3v) is 3.73. The van der Waals surface area contributed by atoms with Crippen LogP contribution in [0.1, 0.15) is 25.3 Å². The molecule has 0 bridgehead atoms. The molecule has 1 saturated heterocycles. The van der Waals surface area contributed by atoms with Gasteiger partial charge in [-0.25, -0.2) is 4.79 Å². The van der Waals surface area contributed by atoms with E-state index in [1.807, 2.05) is 30.3 Å². The zero-order chi connectivity index (χ0) is 14.5. The number of carboxylic acids is 1. The average Bonchev–Trinajstić information content (AvgIpc) is 2.46. The maximum atomic E-state index is 12.0. The summed E-state index contributed by atoms with van der Waals surface area (Å²) in [5.74, 6) is -1.72. The number of carboxylic acid groups (broad SMARTS) is 1. The molecule has 0 unspecified atom stereocenters. The number of nitrogens with zero attached hydrogens (tertiary/aromatic N) is 1. The highest BCUT2D eigenvalue weighted by Gasteiger charge is 2.32. The summed E-state index contributed by atoms with van der Waals surface area (Å²) in [4.78, 5) is 24.5. The molecule has 1 aromatic carbocycles. The van der Waals surface area contributed by atoms with Crippen molar-refractivity contribution in [2.45, 2.75) is 32.4 Å². The molecule has 20 heavy (non-hydrogen) atoms. The highest BCUT2D eigenvalue weighted by molar-refractivity contribution is 5.72. The van der Waals surface area contributed by atoms with Crippen LogP contribution in [-0.2, 0) is 16.1 Å². The number of aliphatic carboxylic acids is 1. The van der Waals surface area contributed by atoms with Gasteiger partial charge in [-0.3, -0.25) is 0 Å². The maximum absolute atomic E-state index is 12.0. The SMILES string of the molecule is C[C@@H]1[C@H](C(=O)[O-])CCCN1C(=O)OCc1ccccc1. The highest BCUT2D eigenvalue weighted by Crippen LogP contribution is 2.23. The number of rotatable bonds is 3. The Balaban J connectivity index is 1.93. The van der Waals surface area contributed by atoms with Gasteiger partial charge in [-0.1, -0.05) is 30.3 Å². The summed E-state index contributed by atoms with van der Waals surface area (Å²) < 4.78 is 5.24. The van der Waals surface area contributed by atoms with Crippen LogP contribution >= 0.6 is 0 Å². The Bertz CT molecular complexity index is 474. The second-order valence-electron chi connectivity index (χ2n) is 5.04. The summed E-state index contributed by atoms with van der Waals surface area (Å²) in [6.45, 7) is 2.45. The van der Waals surface area contributed by atoms with Gasteiger partial charge in [0.05, 0.1) is 0 Å². The van der Waals surface area contributed by atoms with Crippen molar-refractivity contribution < 1.29 is 19.4 Å². The molecular formula is C15H18NO4-. The Kier molecular flexibility index (Phi) is 4.61. The lowest BCUT2D eigenvalue weighted by molar-refractivity contribution is -0.314. The van der Waals surface area contributed by atoms with Gasteiger partial charge >= 0.3 is 6.09 Å². The van der Waals surface area contributed by atoms with Crippen LogP contribution in [0.3, 0.4) is 0 Å². The van der Waals surface area contributed by atoms with E-state index in [0.29, 0.717) is 19.4 Å². The first kappa shape index (κ1) is 14.4. The fourth-order valence-corrected chi connectivity index (χ4v) is 2.52. The van der Waals surface area contributed by atoms with E-state index in [0.717, 1.165) is 5.56 Å². The average molecular weight is 276 g/mol. The molecule has 1 aromatic rings. The summed E-state index contributed by atoms with van der Waals surface area (Å²) in [5.41, 5.74) is 0.905. The number of carbonyl (C=O) groups is 2. The van der Waals surface area contributed by atoms with Crippen molar-refractivity contribution in [3.05, 3.63) is 35.9 Å². The number of ether oxygens (including phenoxy) is 1. The molecule has 0 spiro atoms. The van der Waals surface area contributed by atoms with E-state index in [1.165, 1.54) is 4.90 Å². The molecule has 1 aliphatic heterocycles. The highest BCUT2D eigenvalue weighted by atomic mass is 16.6. The zero-order valence-corrected chi connectivity index (χ0v) is 11.5. The molecule has 108 valence electrons. The Labute approximate surface area is 118 Å². The van der Waals surface area contributed by atoms with Gasteiger partial charge in [-0.05, 0) is 25.3 Å². The van der Waals surface area contributed by atoms with Crippen molar-refractivity contribution in [3.8, 4) is 0 Å². The van der Waals surface area contributed by atoms with E-state index >= 15 is 0 Å². The molecule has 5 nitrogen and oxygen atoms in total. The molecule has 1 heterocycles. The Hall–Kier alpha value is -2.04.